The van der Waals surface area contributed by atoms with Crippen LogP contribution in [0.15, 0.2) is 34.6 Å². The molecule has 2 aliphatic heterocycles. The van der Waals surface area contributed by atoms with Crippen LogP contribution in [-0.4, -0.2) is 62.3 Å². The average Bonchev–Trinajstić information content (AvgIpc) is 3.32. The molecule has 194 valence electrons. The third-order valence-corrected chi connectivity index (χ3v) is 6.86. The monoisotopic (exact) mass is 490 g/mol. The molecule has 0 aromatic carbocycles. The summed E-state index contributed by atoms with van der Waals surface area (Å²) >= 11 is 0. The van der Waals surface area contributed by atoms with Gasteiger partial charge in [-0.25, -0.2) is 0 Å². The predicted molar refractivity (Wildman–Crippen MR) is 128 cm³/mol. The van der Waals surface area contributed by atoms with Crippen LogP contribution in [0.25, 0.3) is 0 Å². The van der Waals surface area contributed by atoms with Gasteiger partial charge in [-0.05, 0) is 43.4 Å². The van der Waals surface area contributed by atoms with E-state index in [-0.39, 0.29) is 42.7 Å². The van der Waals surface area contributed by atoms with Crippen molar-refractivity contribution >= 4 is 17.8 Å². The van der Waals surface area contributed by atoms with Crippen molar-refractivity contribution in [2.75, 3.05) is 27.4 Å². The van der Waals surface area contributed by atoms with Crippen LogP contribution in [-0.2, 0) is 35.1 Å². The lowest BCUT2D eigenvalue weighted by Gasteiger charge is -2.52. The van der Waals surface area contributed by atoms with Crippen LogP contribution in [0.2, 0.25) is 0 Å². The van der Waals surface area contributed by atoms with E-state index < -0.39 is 23.4 Å². The smallest absolute Gasteiger partial charge is 0.320 e. The van der Waals surface area contributed by atoms with Crippen molar-refractivity contribution in [1.82, 2.24) is 10.2 Å². The Morgan fingerprint density at radius 3 is 2.63 bits per heavy atom. The Morgan fingerprint density at radius 1 is 1.29 bits per heavy atom. The van der Waals surface area contributed by atoms with Gasteiger partial charge < -0.3 is 28.8 Å². The number of nitrogens with one attached hydrogen (secondary N) is 1. The molecule has 0 aliphatic carbocycles. The SMILES string of the molecule is COCCCNC(=O)C[C@H]1C[C@@]2(C(=O)OC)C(=C[C@H](C(C)(C)C)O[C@@H]2C)N(Cc2ccco2)C1=O. The highest BCUT2D eigenvalue weighted by Crippen LogP contribution is 2.52. The Labute approximate surface area is 207 Å². The molecular weight excluding hydrogens is 452 g/mol. The summed E-state index contributed by atoms with van der Waals surface area (Å²) in [7, 11) is 2.94. The molecule has 2 aliphatic rings. The summed E-state index contributed by atoms with van der Waals surface area (Å²) in [6.45, 7) is 9.10. The van der Waals surface area contributed by atoms with Gasteiger partial charge in [0.05, 0.1) is 32.1 Å². The highest BCUT2D eigenvalue weighted by atomic mass is 16.5. The van der Waals surface area contributed by atoms with E-state index >= 15 is 0 Å². The minimum absolute atomic E-state index is 0.0398. The largest absolute Gasteiger partial charge is 0.468 e. The second kappa shape index (κ2) is 11.0. The summed E-state index contributed by atoms with van der Waals surface area (Å²) in [5.74, 6) is -1.09. The summed E-state index contributed by atoms with van der Waals surface area (Å²) in [4.78, 5) is 41.5. The molecule has 0 unspecified atom stereocenters. The van der Waals surface area contributed by atoms with Crippen molar-refractivity contribution in [2.45, 2.75) is 65.7 Å². The molecule has 0 saturated carbocycles. The van der Waals surface area contributed by atoms with E-state index in [0.717, 1.165) is 0 Å². The molecule has 0 spiro atoms. The average molecular weight is 491 g/mol. The molecule has 1 aromatic rings. The van der Waals surface area contributed by atoms with Crippen molar-refractivity contribution < 1.29 is 33.0 Å². The molecule has 9 heteroatoms. The second-order valence-electron chi connectivity index (χ2n) is 10.4. The summed E-state index contributed by atoms with van der Waals surface area (Å²) in [5.41, 5.74) is -0.930. The zero-order chi connectivity index (χ0) is 25.8. The maximum atomic E-state index is 13.8. The van der Waals surface area contributed by atoms with Crippen molar-refractivity contribution in [1.29, 1.82) is 0 Å². The Bertz CT molecular complexity index is 934. The summed E-state index contributed by atoms with van der Waals surface area (Å²) in [5, 5.41) is 2.84. The van der Waals surface area contributed by atoms with Crippen LogP contribution in [0.3, 0.4) is 0 Å². The van der Waals surface area contributed by atoms with Crippen LogP contribution in [0.1, 0.15) is 52.7 Å². The fraction of sp³-hybridized carbons (Fsp3) is 0.654. The number of hydrogen-bond donors (Lipinski definition) is 1. The molecule has 9 nitrogen and oxygen atoms in total. The van der Waals surface area contributed by atoms with Gasteiger partial charge in [0.1, 0.15) is 11.2 Å². The molecule has 35 heavy (non-hydrogen) atoms. The molecule has 1 saturated heterocycles. The molecule has 3 heterocycles. The lowest BCUT2D eigenvalue weighted by molar-refractivity contribution is -0.180. The molecule has 1 aromatic heterocycles. The maximum Gasteiger partial charge on any atom is 0.320 e. The van der Waals surface area contributed by atoms with Gasteiger partial charge in [0.25, 0.3) is 0 Å². The second-order valence-corrected chi connectivity index (χ2v) is 10.4. The molecule has 4 atom stereocenters. The molecule has 1 N–H and O–H groups in total. The summed E-state index contributed by atoms with van der Waals surface area (Å²) in [6, 6.07) is 3.53. The van der Waals surface area contributed by atoms with Gasteiger partial charge in [-0.3, -0.25) is 14.4 Å². The van der Waals surface area contributed by atoms with E-state index in [2.05, 4.69) is 5.32 Å². The number of ether oxygens (including phenoxy) is 3. The van der Waals surface area contributed by atoms with E-state index in [1.54, 1.807) is 30.4 Å². The number of rotatable bonds is 9. The van der Waals surface area contributed by atoms with Gasteiger partial charge in [-0.15, -0.1) is 0 Å². The molecule has 1 fully saturated rings. The van der Waals surface area contributed by atoms with Crippen molar-refractivity contribution in [3.05, 3.63) is 35.9 Å². The van der Waals surface area contributed by atoms with Crippen molar-refractivity contribution in [2.24, 2.45) is 16.7 Å². The van der Waals surface area contributed by atoms with Crippen LogP contribution < -0.4 is 5.32 Å². The lowest BCUT2D eigenvalue weighted by Crippen LogP contribution is -2.61. The van der Waals surface area contributed by atoms with E-state index in [4.69, 9.17) is 18.6 Å². The highest BCUT2D eigenvalue weighted by Gasteiger charge is 2.60. The lowest BCUT2D eigenvalue weighted by atomic mass is 9.65. The minimum Gasteiger partial charge on any atom is -0.468 e. The first-order chi connectivity index (χ1) is 16.5. The number of carbonyl (C=O) groups excluding carboxylic acids is 3. The molecule has 3 rings (SSSR count). The van der Waals surface area contributed by atoms with Crippen molar-refractivity contribution in [3.63, 3.8) is 0 Å². The van der Waals surface area contributed by atoms with Crippen LogP contribution in [0.4, 0.5) is 0 Å². The standard InChI is InChI=1S/C26H38N2O7/c1-17-26(24(31)33-6)15-18(13-22(29)27-10-8-11-32-5)23(30)28(16-19-9-7-12-34-19)20(26)14-21(35-17)25(2,3)4/h7,9,12,14,17-18,21H,8,10-11,13,15-16H2,1-6H3,(H,27,29)/t17-,18+,21-,26+/m1/s1. The minimum atomic E-state index is -1.22. The number of methoxy groups -OCH3 is 2. The number of fused-ring (bicyclic) bond motifs is 1. The van der Waals surface area contributed by atoms with E-state index in [1.165, 1.54) is 7.11 Å². The number of amides is 2. The number of furan rings is 1. The van der Waals surface area contributed by atoms with E-state index in [0.29, 0.717) is 31.0 Å². The number of esters is 1. The third-order valence-electron chi connectivity index (χ3n) is 6.86. The van der Waals surface area contributed by atoms with Gasteiger partial charge in [0, 0.05) is 38.3 Å². The number of hydrogen-bond acceptors (Lipinski definition) is 7. The number of piperidine rings is 1. The number of carbonyl (C=O) groups is 3. The molecule has 2 amide bonds. The fourth-order valence-corrected chi connectivity index (χ4v) is 4.90. The van der Waals surface area contributed by atoms with Crippen LogP contribution in [0, 0.1) is 16.7 Å². The normalized spacial score (nSPS) is 26.7. The Kier molecular flexibility index (Phi) is 8.43. The van der Waals surface area contributed by atoms with Crippen molar-refractivity contribution in [3.8, 4) is 0 Å². The predicted octanol–water partition coefficient (Wildman–Crippen LogP) is 3.05. The van der Waals surface area contributed by atoms with E-state index in [9.17, 15) is 14.4 Å². The topological polar surface area (TPSA) is 107 Å². The summed E-state index contributed by atoms with van der Waals surface area (Å²) < 4.78 is 22.2. The zero-order valence-electron chi connectivity index (χ0n) is 21.6. The fourth-order valence-electron chi connectivity index (χ4n) is 4.90. The molecular formula is C26H38N2O7. The first-order valence-electron chi connectivity index (χ1n) is 12.1. The Hall–Kier alpha value is -2.65. The van der Waals surface area contributed by atoms with Crippen LogP contribution >= 0.6 is 0 Å². The zero-order valence-corrected chi connectivity index (χ0v) is 21.6. The van der Waals surface area contributed by atoms with Gasteiger partial charge >= 0.3 is 5.97 Å². The quantitative estimate of drug-likeness (QED) is 0.419. The first-order valence-corrected chi connectivity index (χ1v) is 12.1. The van der Waals surface area contributed by atoms with Gasteiger partial charge in [-0.2, -0.15) is 0 Å². The van der Waals surface area contributed by atoms with Gasteiger partial charge in [0.15, 0.2) is 0 Å². The third kappa shape index (κ3) is 5.62. The molecule has 0 bridgehead atoms. The number of likely N-dealkylation sites (tertiary alicyclic amines) is 1. The Balaban J connectivity index is 2.01. The first kappa shape index (κ1) is 26.9. The molecule has 0 radical (unpaired) electrons. The summed E-state index contributed by atoms with van der Waals surface area (Å²) in [6.07, 6.45) is 3.28. The maximum absolute atomic E-state index is 13.8. The number of nitrogens with zero attached hydrogens (tertiary/aromatic N) is 1. The van der Waals surface area contributed by atoms with E-state index in [1.807, 2.05) is 33.8 Å². The van der Waals surface area contributed by atoms with Crippen LogP contribution in [0.5, 0.6) is 0 Å². The van der Waals surface area contributed by atoms with Gasteiger partial charge in [0.2, 0.25) is 11.8 Å². The van der Waals surface area contributed by atoms with Gasteiger partial charge in [-0.1, -0.05) is 20.8 Å². The highest BCUT2D eigenvalue weighted by molar-refractivity contribution is 5.92. The Morgan fingerprint density at radius 2 is 2.03 bits per heavy atom.